The van der Waals surface area contributed by atoms with Crippen LogP contribution in [0.1, 0.15) is 27.9 Å². The van der Waals surface area contributed by atoms with E-state index in [9.17, 15) is 20.1 Å². The van der Waals surface area contributed by atoms with Crippen LogP contribution in [0.3, 0.4) is 0 Å². The van der Waals surface area contributed by atoms with Crippen molar-refractivity contribution in [1.29, 1.82) is 0 Å². The van der Waals surface area contributed by atoms with Crippen molar-refractivity contribution in [3.05, 3.63) is 59.2 Å². The number of carbonyl (C=O) groups is 1. The molecule has 0 amide bonds. The molecule has 4 aliphatic rings. The zero-order chi connectivity index (χ0) is 22.2. The fourth-order valence-electron chi connectivity index (χ4n) is 6.19. The summed E-state index contributed by atoms with van der Waals surface area (Å²) in [5.74, 6) is -0.515. The second kappa shape index (κ2) is 6.63. The number of rotatable bonds is 3. The third-order valence-corrected chi connectivity index (χ3v) is 7.61. The highest BCUT2D eigenvalue weighted by Gasteiger charge is 2.64. The maximum Gasteiger partial charge on any atom is 0.335 e. The fourth-order valence-corrected chi connectivity index (χ4v) is 6.19. The molecule has 8 heteroatoms. The van der Waals surface area contributed by atoms with Crippen LogP contribution in [-0.2, 0) is 11.8 Å². The molecule has 8 nitrogen and oxygen atoms in total. The number of carboxylic acid groups (broad SMARTS) is 1. The van der Waals surface area contributed by atoms with Crippen molar-refractivity contribution in [2.24, 2.45) is 16.1 Å². The molecule has 5 atom stereocenters. The number of likely N-dealkylation sites (tertiary alicyclic amines) is 1. The highest BCUT2D eigenvalue weighted by atomic mass is 16.5. The number of likely N-dealkylation sites (N-methyl/N-ethyl adjacent to an activating group) is 1. The monoisotopic (exact) mass is 433 g/mol. The summed E-state index contributed by atoms with van der Waals surface area (Å²) in [4.78, 5) is 13.6. The number of piperidine rings is 1. The molecule has 32 heavy (non-hydrogen) atoms. The molecule has 0 aromatic heterocycles. The molecule has 0 saturated carbocycles. The number of aromatic hydroxyl groups is 1. The number of aliphatic hydroxyl groups excluding tert-OH is 1. The molecule has 1 spiro atoms. The number of benzene rings is 2. The van der Waals surface area contributed by atoms with Gasteiger partial charge in [-0.2, -0.15) is 5.11 Å². The van der Waals surface area contributed by atoms with Gasteiger partial charge in [-0.05, 0) is 56.3 Å². The molecule has 2 aromatic rings. The van der Waals surface area contributed by atoms with Gasteiger partial charge in [0.15, 0.2) is 11.5 Å². The molecule has 2 bridgehead atoms. The first-order chi connectivity index (χ1) is 15.4. The summed E-state index contributed by atoms with van der Waals surface area (Å²) >= 11 is 0. The summed E-state index contributed by atoms with van der Waals surface area (Å²) in [6.45, 7) is 0.905. The van der Waals surface area contributed by atoms with Gasteiger partial charge in [0.1, 0.15) is 17.9 Å². The number of aliphatic hydroxyl groups is 1. The summed E-state index contributed by atoms with van der Waals surface area (Å²) in [5.41, 5.74) is 2.48. The van der Waals surface area contributed by atoms with Crippen LogP contribution in [0.4, 0.5) is 11.4 Å². The summed E-state index contributed by atoms with van der Waals surface area (Å²) < 4.78 is 6.25. The molecular formula is C24H23N3O5. The molecule has 0 unspecified atom stereocenters. The minimum atomic E-state index is -1.04. The van der Waals surface area contributed by atoms with E-state index in [-0.39, 0.29) is 34.4 Å². The maximum absolute atomic E-state index is 11.2. The van der Waals surface area contributed by atoms with E-state index in [1.54, 1.807) is 12.1 Å². The molecule has 164 valence electrons. The Labute approximate surface area is 184 Å². The first-order valence-electron chi connectivity index (χ1n) is 10.8. The predicted molar refractivity (Wildman–Crippen MR) is 115 cm³/mol. The summed E-state index contributed by atoms with van der Waals surface area (Å²) in [6.07, 6.45) is 4.41. The van der Waals surface area contributed by atoms with E-state index in [4.69, 9.17) is 4.74 Å². The minimum absolute atomic E-state index is 0.0889. The third-order valence-electron chi connectivity index (χ3n) is 7.61. The third kappa shape index (κ3) is 2.47. The Bertz CT molecular complexity index is 1210. The molecule has 6 rings (SSSR count). The number of ether oxygens (including phenoxy) is 1. The Morgan fingerprint density at radius 3 is 2.91 bits per heavy atom. The van der Waals surface area contributed by atoms with Gasteiger partial charge in [0, 0.05) is 22.9 Å². The molecular weight excluding hydrogens is 410 g/mol. The van der Waals surface area contributed by atoms with Gasteiger partial charge in [-0.1, -0.05) is 18.2 Å². The lowest BCUT2D eigenvalue weighted by Crippen LogP contribution is -2.64. The minimum Gasteiger partial charge on any atom is -0.503 e. The average Bonchev–Trinajstić information content (AvgIpc) is 3.14. The number of carboxylic acids is 1. The average molecular weight is 433 g/mol. The molecule has 0 radical (unpaired) electrons. The van der Waals surface area contributed by atoms with Crippen molar-refractivity contribution < 1.29 is 24.9 Å². The smallest absolute Gasteiger partial charge is 0.335 e. The number of phenols is 1. The van der Waals surface area contributed by atoms with Crippen LogP contribution in [0.25, 0.3) is 0 Å². The fraction of sp³-hybridized carbons (Fsp3) is 0.375. The topological polar surface area (TPSA) is 115 Å². The second-order valence-corrected chi connectivity index (χ2v) is 9.15. The van der Waals surface area contributed by atoms with Crippen LogP contribution in [0, 0.1) is 5.92 Å². The largest absolute Gasteiger partial charge is 0.503 e. The summed E-state index contributed by atoms with van der Waals surface area (Å²) in [5, 5.41) is 39.4. The zero-order valence-electron chi connectivity index (χ0n) is 17.5. The van der Waals surface area contributed by atoms with Crippen LogP contribution in [-0.4, -0.2) is 58.0 Å². The van der Waals surface area contributed by atoms with Gasteiger partial charge < -0.3 is 25.0 Å². The summed E-state index contributed by atoms with van der Waals surface area (Å²) in [7, 11) is 2.13. The lowest BCUT2D eigenvalue weighted by molar-refractivity contribution is -0.0453. The van der Waals surface area contributed by atoms with Crippen LogP contribution < -0.4 is 4.74 Å². The Morgan fingerprint density at radius 2 is 2.09 bits per heavy atom. The number of phenolic OH excluding ortho intramolecular Hbond substituents is 1. The van der Waals surface area contributed by atoms with Crippen molar-refractivity contribution in [3.8, 4) is 11.5 Å². The first-order valence-corrected chi connectivity index (χ1v) is 10.8. The quantitative estimate of drug-likeness (QED) is 0.505. The Morgan fingerprint density at radius 1 is 1.25 bits per heavy atom. The van der Waals surface area contributed by atoms with E-state index in [2.05, 4.69) is 28.3 Å². The van der Waals surface area contributed by atoms with Crippen LogP contribution in [0.5, 0.6) is 11.5 Å². The molecule has 2 aromatic carbocycles. The molecule has 2 aliphatic heterocycles. The van der Waals surface area contributed by atoms with E-state index in [1.807, 2.05) is 12.1 Å². The van der Waals surface area contributed by atoms with Gasteiger partial charge in [-0.15, -0.1) is 5.11 Å². The lowest BCUT2D eigenvalue weighted by atomic mass is 9.53. The molecule has 3 N–H and O–H groups in total. The Balaban J connectivity index is 1.47. The van der Waals surface area contributed by atoms with Crippen molar-refractivity contribution >= 4 is 17.3 Å². The lowest BCUT2D eigenvalue weighted by Gasteiger charge is -2.56. The van der Waals surface area contributed by atoms with Gasteiger partial charge in [-0.25, -0.2) is 4.79 Å². The molecule has 1 saturated heterocycles. The van der Waals surface area contributed by atoms with E-state index in [0.717, 1.165) is 30.5 Å². The standard InChI is InChI=1S/C24H23N3O5/c1-27-8-7-24-15-5-6-18(28)22(24)32-21-19(24)13(11-17(15)27)10-16(20(21)29)26-25-14-4-2-3-12(9-14)23(30)31/h2-6,9-10,15,17-18,22,28-29H,7-8,11H2,1H3,(H,30,31)/t15-,17+,18-,22-,24-/m0/s1. The number of nitrogens with zero attached hydrogens (tertiary/aromatic N) is 3. The second-order valence-electron chi connectivity index (χ2n) is 9.15. The van der Waals surface area contributed by atoms with E-state index in [1.165, 1.54) is 12.1 Å². The van der Waals surface area contributed by atoms with Crippen molar-refractivity contribution in [2.45, 2.75) is 36.5 Å². The van der Waals surface area contributed by atoms with E-state index in [0.29, 0.717) is 11.4 Å². The van der Waals surface area contributed by atoms with Gasteiger partial charge >= 0.3 is 5.97 Å². The number of hydrogen-bond acceptors (Lipinski definition) is 7. The van der Waals surface area contributed by atoms with Crippen LogP contribution >= 0.6 is 0 Å². The Kier molecular flexibility index (Phi) is 4.03. The number of hydrogen-bond donors (Lipinski definition) is 3. The van der Waals surface area contributed by atoms with E-state index < -0.39 is 18.2 Å². The first kappa shape index (κ1) is 19.5. The van der Waals surface area contributed by atoms with Gasteiger partial charge in [-0.3, -0.25) is 0 Å². The normalized spacial score (nSPS) is 32.1. The highest BCUT2D eigenvalue weighted by molar-refractivity contribution is 5.88. The van der Waals surface area contributed by atoms with E-state index >= 15 is 0 Å². The predicted octanol–water partition coefficient (Wildman–Crippen LogP) is 3.31. The summed E-state index contributed by atoms with van der Waals surface area (Å²) in [6, 6.07) is 8.30. The van der Waals surface area contributed by atoms with Crippen molar-refractivity contribution in [1.82, 2.24) is 4.90 Å². The zero-order valence-corrected chi connectivity index (χ0v) is 17.5. The Hall–Kier alpha value is -3.23. The van der Waals surface area contributed by atoms with Crippen molar-refractivity contribution in [3.63, 3.8) is 0 Å². The number of azo groups is 1. The van der Waals surface area contributed by atoms with Crippen LogP contribution in [0.2, 0.25) is 0 Å². The van der Waals surface area contributed by atoms with Gasteiger partial charge in [0.25, 0.3) is 0 Å². The molecule has 2 aliphatic carbocycles. The van der Waals surface area contributed by atoms with Crippen molar-refractivity contribution in [2.75, 3.05) is 13.6 Å². The van der Waals surface area contributed by atoms with Crippen LogP contribution in [0.15, 0.2) is 52.7 Å². The van der Waals surface area contributed by atoms with Gasteiger partial charge in [0.2, 0.25) is 0 Å². The molecule has 2 heterocycles. The SMILES string of the molecule is CN1CC[C@]23c4c5cc(N=Nc6cccc(C(=O)O)c6)c(O)c4O[C@H]2[C@@H](O)C=C[C@H]3[C@H]1C5. The highest BCUT2D eigenvalue weighted by Crippen LogP contribution is 2.63. The van der Waals surface area contributed by atoms with Gasteiger partial charge in [0.05, 0.1) is 11.3 Å². The molecule has 1 fully saturated rings. The number of aromatic carboxylic acids is 1. The maximum atomic E-state index is 11.2.